The quantitative estimate of drug-likeness (QED) is 0.836. The Kier molecular flexibility index (Phi) is 5.52. The van der Waals surface area contributed by atoms with Crippen molar-refractivity contribution in [2.24, 2.45) is 0 Å². The fourth-order valence-electron chi connectivity index (χ4n) is 2.69. The number of halogens is 1. The van der Waals surface area contributed by atoms with Crippen LogP contribution in [0.4, 0.5) is 5.82 Å². The molecule has 5 nitrogen and oxygen atoms in total. The highest BCUT2D eigenvalue weighted by Gasteiger charge is 2.17. The highest BCUT2D eigenvalue weighted by atomic mass is 35.5. The van der Waals surface area contributed by atoms with Gasteiger partial charge in [-0.2, -0.15) is 5.26 Å². The maximum absolute atomic E-state index is 8.83. The zero-order chi connectivity index (χ0) is 16.8. The third kappa shape index (κ3) is 4.16. The first-order chi connectivity index (χ1) is 11.8. The molecule has 1 aliphatic rings. The molecule has 24 heavy (non-hydrogen) atoms. The molecular formula is C18H19ClN4O. The van der Waals surface area contributed by atoms with Gasteiger partial charge in [0.1, 0.15) is 24.2 Å². The van der Waals surface area contributed by atoms with Crippen molar-refractivity contribution in [3.8, 4) is 11.8 Å². The molecule has 1 fully saturated rings. The van der Waals surface area contributed by atoms with E-state index in [0.717, 1.165) is 44.3 Å². The van der Waals surface area contributed by atoms with E-state index in [1.165, 1.54) is 0 Å². The average molecular weight is 343 g/mol. The highest BCUT2D eigenvalue weighted by Crippen LogP contribution is 2.23. The Morgan fingerprint density at radius 2 is 1.92 bits per heavy atom. The standard InChI is InChI=1S/C18H19ClN4O/c19-16-3-1-2-4-17(16)24-12-11-22-7-9-23(10-8-22)18-6-5-15(13-20)14-21-18/h1-6,14H,7-12H2. The molecule has 1 aliphatic heterocycles. The number of anilines is 1. The SMILES string of the molecule is N#Cc1ccc(N2CCN(CCOc3ccccc3Cl)CC2)nc1. The van der Waals surface area contributed by atoms with E-state index in [9.17, 15) is 0 Å². The molecule has 0 aliphatic carbocycles. The molecule has 0 unspecified atom stereocenters. The number of hydrogen-bond acceptors (Lipinski definition) is 5. The molecule has 1 saturated heterocycles. The molecule has 3 rings (SSSR count). The van der Waals surface area contributed by atoms with Crippen LogP contribution in [0.15, 0.2) is 42.6 Å². The normalized spacial score (nSPS) is 15.1. The molecule has 0 amide bonds. The molecule has 0 spiro atoms. The van der Waals surface area contributed by atoms with Gasteiger partial charge in [0, 0.05) is 38.9 Å². The summed E-state index contributed by atoms with van der Waals surface area (Å²) in [5, 5.41) is 9.47. The first-order valence-corrected chi connectivity index (χ1v) is 8.35. The van der Waals surface area contributed by atoms with E-state index in [1.807, 2.05) is 36.4 Å². The molecule has 0 N–H and O–H groups in total. The summed E-state index contributed by atoms with van der Waals surface area (Å²) in [7, 11) is 0. The van der Waals surface area contributed by atoms with Gasteiger partial charge in [0.25, 0.3) is 0 Å². The lowest BCUT2D eigenvalue weighted by Crippen LogP contribution is -2.47. The van der Waals surface area contributed by atoms with Crippen molar-refractivity contribution in [1.82, 2.24) is 9.88 Å². The number of benzene rings is 1. The fraction of sp³-hybridized carbons (Fsp3) is 0.333. The summed E-state index contributed by atoms with van der Waals surface area (Å²) in [6, 6.07) is 13.4. The maximum Gasteiger partial charge on any atom is 0.137 e. The van der Waals surface area contributed by atoms with Crippen LogP contribution in [0.1, 0.15) is 5.56 Å². The zero-order valence-electron chi connectivity index (χ0n) is 13.4. The lowest BCUT2D eigenvalue weighted by Gasteiger charge is -2.35. The highest BCUT2D eigenvalue weighted by molar-refractivity contribution is 6.32. The van der Waals surface area contributed by atoms with E-state index in [-0.39, 0.29) is 0 Å². The van der Waals surface area contributed by atoms with E-state index in [4.69, 9.17) is 21.6 Å². The van der Waals surface area contributed by atoms with Gasteiger partial charge < -0.3 is 9.64 Å². The summed E-state index contributed by atoms with van der Waals surface area (Å²) in [5.74, 6) is 1.67. The molecule has 2 heterocycles. The van der Waals surface area contributed by atoms with E-state index >= 15 is 0 Å². The summed E-state index contributed by atoms with van der Waals surface area (Å²) in [4.78, 5) is 8.97. The number of aromatic nitrogens is 1. The predicted octanol–water partition coefficient (Wildman–Crippen LogP) is 2.81. The second kappa shape index (κ2) is 8.00. The molecule has 0 saturated carbocycles. The fourth-order valence-corrected chi connectivity index (χ4v) is 2.88. The topological polar surface area (TPSA) is 52.4 Å². The summed E-state index contributed by atoms with van der Waals surface area (Å²) in [5.41, 5.74) is 0.592. The number of nitriles is 1. The van der Waals surface area contributed by atoms with Crippen LogP contribution in [0.2, 0.25) is 5.02 Å². The Morgan fingerprint density at radius 3 is 2.58 bits per heavy atom. The van der Waals surface area contributed by atoms with Crippen molar-refractivity contribution < 1.29 is 4.74 Å². The van der Waals surface area contributed by atoms with Gasteiger partial charge in [-0.15, -0.1) is 0 Å². The Morgan fingerprint density at radius 1 is 1.12 bits per heavy atom. The first-order valence-electron chi connectivity index (χ1n) is 7.97. The van der Waals surface area contributed by atoms with Crippen LogP contribution in [0.25, 0.3) is 0 Å². The average Bonchev–Trinajstić information content (AvgIpc) is 2.64. The molecule has 2 aromatic rings. The van der Waals surface area contributed by atoms with E-state index in [1.54, 1.807) is 6.20 Å². The van der Waals surface area contributed by atoms with Gasteiger partial charge in [0.05, 0.1) is 10.6 Å². The summed E-state index contributed by atoms with van der Waals surface area (Å²) in [6.45, 7) is 5.27. The van der Waals surface area contributed by atoms with Crippen LogP contribution in [-0.2, 0) is 0 Å². The van der Waals surface area contributed by atoms with Gasteiger partial charge >= 0.3 is 0 Å². The van der Waals surface area contributed by atoms with Gasteiger partial charge in [-0.25, -0.2) is 4.98 Å². The monoisotopic (exact) mass is 342 g/mol. The Bertz CT molecular complexity index is 706. The number of piperazine rings is 1. The van der Waals surface area contributed by atoms with Gasteiger partial charge in [-0.1, -0.05) is 23.7 Å². The third-order valence-corrected chi connectivity index (χ3v) is 4.39. The van der Waals surface area contributed by atoms with Crippen molar-refractivity contribution in [2.45, 2.75) is 0 Å². The van der Waals surface area contributed by atoms with Gasteiger partial charge in [0.15, 0.2) is 0 Å². The lowest BCUT2D eigenvalue weighted by atomic mass is 10.2. The predicted molar refractivity (Wildman–Crippen MR) is 94.6 cm³/mol. The zero-order valence-corrected chi connectivity index (χ0v) is 14.1. The Labute approximate surface area is 147 Å². The molecule has 0 radical (unpaired) electrons. The maximum atomic E-state index is 8.83. The molecular weight excluding hydrogens is 324 g/mol. The van der Waals surface area contributed by atoms with Crippen molar-refractivity contribution in [3.63, 3.8) is 0 Å². The number of hydrogen-bond donors (Lipinski definition) is 0. The molecule has 1 aromatic carbocycles. The smallest absolute Gasteiger partial charge is 0.137 e. The minimum absolute atomic E-state index is 0.592. The van der Waals surface area contributed by atoms with Crippen molar-refractivity contribution in [1.29, 1.82) is 5.26 Å². The second-order valence-electron chi connectivity index (χ2n) is 5.62. The van der Waals surface area contributed by atoms with E-state index < -0.39 is 0 Å². The number of ether oxygens (including phenoxy) is 1. The van der Waals surface area contributed by atoms with Crippen molar-refractivity contribution >= 4 is 17.4 Å². The molecule has 0 bridgehead atoms. The minimum atomic E-state index is 0.592. The lowest BCUT2D eigenvalue weighted by molar-refractivity contribution is 0.200. The number of nitrogens with zero attached hydrogens (tertiary/aromatic N) is 4. The molecule has 6 heteroatoms. The second-order valence-corrected chi connectivity index (χ2v) is 6.03. The van der Waals surface area contributed by atoms with Crippen LogP contribution < -0.4 is 9.64 Å². The van der Waals surface area contributed by atoms with Crippen LogP contribution >= 0.6 is 11.6 Å². The Hall–Kier alpha value is -2.29. The third-order valence-electron chi connectivity index (χ3n) is 4.07. The summed E-state index contributed by atoms with van der Waals surface area (Å²) >= 11 is 6.08. The molecule has 0 atom stereocenters. The number of pyridine rings is 1. The van der Waals surface area contributed by atoms with E-state index in [0.29, 0.717) is 17.2 Å². The van der Waals surface area contributed by atoms with Crippen LogP contribution in [0, 0.1) is 11.3 Å². The van der Waals surface area contributed by atoms with Crippen molar-refractivity contribution in [2.75, 3.05) is 44.2 Å². The number of rotatable bonds is 5. The number of para-hydroxylation sites is 1. The minimum Gasteiger partial charge on any atom is -0.491 e. The molecule has 124 valence electrons. The van der Waals surface area contributed by atoms with Crippen molar-refractivity contribution in [3.05, 3.63) is 53.2 Å². The summed E-state index contributed by atoms with van der Waals surface area (Å²) in [6.07, 6.45) is 1.62. The van der Waals surface area contributed by atoms with Gasteiger partial charge in [0.2, 0.25) is 0 Å². The summed E-state index contributed by atoms with van der Waals surface area (Å²) < 4.78 is 5.75. The molecule has 1 aromatic heterocycles. The van der Waals surface area contributed by atoms with Crippen LogP contribution in [0.3, 0.4) is 0 Å². The van der Waals surface area contributed by atoms with Crippen LogP contribution in [0.5, 0.6) is 5.75 Å². The Balaban J connectivity index is 1.43. The van der Waals surface area contributed by atoms with E-state index in [2.05, 4.69) is 20.9 Å². The van der Waals surface area contributed by atoms with Crippen LogP contribution in [-0.4, -0.2) is 49.2 Å². The largest absolute Gasteiger partial charge is 0.491 e. The first kappa shape index (κ1) is 16.6. The van der Waals surface area contributed by atoms with Gasteiger partial charge in [-0.05, 0) is 24.3 Å². The van der Waals surface area contributed by atoms with Gasteiger partial charge in [-0.3, -0.25) is 4.90 Å².